The molecular weight excluding hydrogens is 494 g/mol. The van der Waals surface area contributed by atoms with E-state index >= 15 is 0 Å². The first-order valence-corrected chi connectivity index (χ1v) is 14.1. The molecule has 0 amide bonds. The van der Waals surface area contributed by atoms with Crippen LogP contribution in [0.3, 0.4) is 0 Å². The molecule has 6 atom stereocenters. The second-order valence-electron chi connectivity index (χ2n) is 10.0. The number of amidine groups is 1. The molecule has 0 aromatic heterocycles. The quantitative estimate of drug-likeness (QED) is 0.371. The van der Waals surface area contributed by atoms with Crippen LogP contribution in [0.15, 0.2) is 70.1 Å². The number of rotatable bonds is 8. The highest BCUT2D eigenvalue weighted by atomic mass is 32.2. The van der Waals surface area contributed by atoms with E-state index in [9.17, 15) is 4.55 Å². The SMILES string of the molecule is CN(C)C1=N[C@@H]2[C@@H](OCc3ccccc3)[C@@H](OCc3ccccc3)[C@@H](C=N[S+]([O-])C(C)(C)C)O[C@@H]2S1. The summed E-state index contributed by atoms with van der Waals surface area (Å²) in [6.07, 6.45) is 0.241. The number of ether oxygens (including phenoxy) is 3. The molecule has 0 radical (unpaired) electrons. The van der Waals surface area contributed by atoms with Crippen molar-refractivity contribution in [1.82, 2.24) is 4.90 Å². The monoisotopic (exact) mass is 529 g/mol. The number of benzene rings is 2. The molecule has 2 aromatic carbocycles. The van der Waals surface area contributed by atoms with Gasteiger partial charge in [-0.25, -0.2) is 0 Å². The Hall–Kier alpha value is -1.88. The molecule has 2 aliphatic rings. The molecular formula is C27H35N3O4S2. The zero-order valence-corrected chi connectivity index (χ0v) is 23.1. The zero-order valence-electron chi connectivity index (χ0n) is 21.4. The Bertz CT molecular complexity index is 1030. The molecule has 0 saturated carbocycles. The third-order valence-corrected chi connectivity index (χ3v) is 8.48. The van der Waals surface area contributed by atoms with Crippen molar-refractivity contribution >= 4 is 34.5 Å². The van der Waals surface area contributed by atoms with E-state index in [0.717, 1.165) is 16.3 Å². The van der Waals surface area contributed by atoms with Gasteiger partial charge in [0.25, 0.3) is 0 Å². The molecule has 1 saturated heterocycles. The molecule has 0 spiro atoms. The molecule has 194 valence electrons. The van der Waals surface area contributed by atoms with Crippen molar-refractivity contribution in [3.8, 4) is 0 Å². The van der Waals surface area contributed by atoms with Crippen molar-refractivity contribution in [2.24, 2.45) is 9.39 Å². The van der Waals surface area contributed by atoms with Crippen LogP contribution in [0.2, 0.25) is 0 Å². The van der Waals surface area contributed by atoms with Crippen molar-refractivity contribution < 1.29 is 18.8 Å². The normalized spacial score (nSPS) is 27.1. The van der Waals surface area contributed by atoms with E-state index < -0.39 is 28.3 Å². The van der Waals surface area contributed by atoms with Gasteiger partial charge < -0.3 is 23.7 Å². The van der Waals surface area contributed by atoms with Crippen LogP contribution >= 0.6 is 11.8 Å². The standard InChI is InChI=1S/C27H35N3O4S2/c1-27(2,3)36(31)28-16-21-23(32-17-19-12-8-6-9-13-19)24(33-18-20-14-10-7-11-15-20)22-25(34-21)35-26(29-22)30(4)5/h6-16,21-25H,17-18H2,1-5H3/t21-,22-,23+,24-,25-,36?/m1/s1. The molecule has 9 heteroatoms. The lowest BCUT2D eigenvalue weighted by atomic mass is 9.98. The molecule has 0 bridgehead atoms. The topological polar surface area (TPSA) is 78.7 Å². The predicted octanol–water partition coefficient (Wildman–Crippen LogP) is 4.45. The zero-order chi connectivity index (χ0) is 25.7. The van der Waals surface area contributed by atoms with Crippen LogP contribution < -0.4 is 0 Å². The van der Waals surface area contributed by atoms with Crippen LogP contribution in [0.1, 0.15) is 31.9 Å². The van der Waals surface area contributed by atoms with E-state index in [1.54, 1.807) is 18.0 Å². The Morgan fingerprint density at radius 1 is 1.00 bits per heavy atom. The maximum absolute atomic E-state index is 12.7. The Labute approximate surface area is 221 Å². The Kier molecular flexibility index (Phi) is 9.14. The summed E-state index contributed by atoms with van der Waals surface area (Å²) in [7, 11) is 3.94. The summed E-state index contributed by atoms with van der Waals surface area (Å²) in [6, 6.07) is 19.8. The van der Waals surface area contributed by atoms with Crippen molar-refractivity contribution in [3.63, 3.8) is 0 Å². The van der Waals surface area contributed by atoms with Gasteiger partial charge in [-0.15, -0.1) is 0 Å². The van der Waals surface area contributed by atoms with Crippen LogP contribution in [0, 0.1) is 0 Å². The van der Waals surface area contributed by atoms with Gasteiger partial charge in [0.2, 0.25) is 0 Å². The fourth-order valence-corrected chi connectivity index (χ4v) is 5.56. The average Bonchev–Trinajstić information content (AvgIpc) is 3.29. The summed E-state index contributed by atoms with van der Waals surface area (Å²) in [5, 5.41) is 0.885. The van der Waals surface area contributed by atoms with E-state index in [1.807, 2.05) is 100 Å². The number of hydrogen-bond donors (Lipinski definition) is 0. The lowest BCUT2D eigenvalue weighted by Crippen LogP contribution is -2.57. The Balaban J connectivity index is 1.63. The minimum Gasteiger partial charge on any atom is -0.591 e. The molecule has 4 rings (SSSR count). The molecule has 2 aliphatic heterocycles. The summed E-state index contributed by atoms with van der Waals surface area (Å²) in [4.78, 5) is 6.93. The van der Waals surface area contributed by atoms with Crippen LogP contribution in [-0.2, 0) is 38.8 Å². The number of hydrogen-bond acceptors (Lipinski definition) is 8. The summed E-state index contributed by atoms with van der Waals surface area (Å²) >= 11 is 0.159. The average molecular weight is 530 g/mol. The maximum atomic E-state index is 12.7. The van der Waals surface area contributed by atoms with Crippen molar-refractivity contribution in [1.29, 1.82) is 0 Å². The van der Waals surface area contributed by atoms with Crippen molar-refractivity contribution in [2.45, 2.75) is 68.5 Å². The van der Waals surface area contributed by atoms with Gasteiger partial charge >= 0.3 is 0 Å². The van der Waals surface area contributed by atoms with Gasteiger partial charge in [0.1, 0.15) is 45.9 Å². The lowest BCUT2D eigenvalue weighted by Gasteiger charge is -2.41. The molecule has 7 nitrogen and oxygen atoms in total. The third-order valence-electron chi connectivity index (χ3n) is 5.82. The third kappa shape index (κ3) is 6.90. The van der Waals surface area contributed by atoms with Gasteiger partial charge in [0.15, 0.2) is 5.17 Å². The molecule has 0 N–H and O–H groups in total. The number of aliphatic imine (C=N–C) groups is 1. The summed E-state index contributed by atoms with van der Waals surface area (Å²) in [5.41, 5.74) is 1.87. The predicted molar refractivity (Wildman–Crippen MR) is 148 cm³/mol. The first kappa shape index (κ1) is 27.2. The van der Waals surface area contributed by atoms with Crippen LogP contribution in [0.4, 0.5) is 0 Å². The van der Waals surface area contributed by atoms with Crippen LogP contribution in [0.25, 0.3) is 0 Å². The number of fused-ring (bicyclic) bond motifs is 1. The Morgan fingerprint density at radius 2 is 1.56 bits per heavy atom. The van der Waals surface area contributed by atoms with Crippen LogP contribution in [-0.4, -0.2) is 69.5 Å². The molecule has 2 heterocycles. The van der Waals surface area contributed by atoms with Gasteiger partial charge in [-0.3, -0.25) is 4.99 Å². The molecule has 1 unspecified atom stereocenters. The van der Waals surface area contributed by atoms with E-state index in [0.29, 0.717) is 13.2 Å². The van der Waals surface area contributed by atoms with Crippen LogP contribution in [0.5, 0.6) is 0 Å². The highest BCUT2D eigenvalue weighted by Gasteiger charge is 2.51. The first-order valence-electron chi connectivity index (χ1n) is 12.1. The fourth-order valence-electron chi connectivity index (χ4n) is 3.87. The summed E-state index contributed by atoms with van der Waals surface area (Å²) in [6.45, 7) is 6.52. The van der Waals surface area contributed by atoms with Crippen molar-refractivity contribution in [3.05, 3.63) is 71.8 Å². The van der Waals surface area contributed by atoms with Gasteiger partial charge in [0, 0.05) is 14.1 Å². The minimum absolute atomic E-state index is 0.241. The highest BCUT2D eigenvalue weighted by molar-refractivity contribution is 8.14. The van der Waals surface area contributed by atoms with E-state index in [2.05, 4.69) is 4.40 Å². The van der Waals surface area contributed by atoms with Crippen molar-refractivity contribution in [2.75, 3.05) is 14.1 Å². The lowest BCUT2D eigenvalue weighted by molar-refractivity contribution is -0.178. The highest BCUT2D eigenvalue weighted by Crippen LogP contribution is 2.39. The number of nitrogens with zero attached hydrogens (tertiary/aromatic N) is 3. The second kappa shape index (κ2) is 12.1. The largest absolute Gasteiger partial charge is 0.591 e. The van der Waals surface area contributed by atoms with Gasteiger partial charge in [-0.05, 0) is 31.9 Å². The fraction of sp³-hybridized carbons (Fsp3) is 0.481. The number of thioether (sulfide) groups is 1. The molecule has 0 aliphatic carbocycles. The van der Waals surface area contributed by atoms with Gasteiger partial charge in [0.05, 0.1) is 19.4 Å². The Morgan fingerprint density at radius 3 is 2.08 bits per heavy atom. The molecule has 2 aromatic rings. The molecule has 36 heavy (non-hydrogen) atoms. The maximum Gasteiger partial charge on any atom is 0.161 e. The first-order chi connectivity index (χ1) is 17.2. The minimum atomic E-state index is -1.41. The van der Waals surface area contributed by atoms with Gasteiger partial charge in [-0.2, -0.15) is 0 Å². The van der Waals surface area contributed by atoms with E-state index in [-0.39, 0.29) is 17.6 Å². The summed E-state index contributed by atoms with van der Waals surface area (Å²) in [5.74, 6) is 0. The van der Waals surface area contributed by atoms with E-state index in [4.69, 9.17) is 19.2 Å². The molecule has 1 fully saturated rings. The summed E-state index contributed by atoms with van der Waals surface area (Å²) < 4.78 is 36.1. The van der Waals surface area contributed by atoms with E-state index in [1.165, 1.54) is 0 Å². The second-order valence-corrected chi connectivity index (χ2v) is 13.0. The smallest absolute Gasteiger partial charge is 0.161 e. The van der Waals surface area contributed by atoms with Gasteiger partial charge in [-0.1, -0.05) is 76.8 Å².